The number of hydrogen-bond acceptors (Lipinski definition) is 13. The zero-order valence-corrected chi connectivity index (χ0v) is 38.5. The van der Waals surface area contributed by atoms with Crippen molar-refractivity contribution in [1.29, 1.82) is 0 Å². The summed E-state index contributed by atoms with van der Waals surface area (Å²) in [6.07, 6.45) is 13.6. The number of benzene rings is 2. The molecule has 2 aromatic carbocycles. The van der Waals surface area contributed by atoms with E-state index in [-0.39, 0.29) is 18.4 Å². The van der Waals surface area contributed by atoms with E-state index in [0.717, 1.165) is 122 Å². The minimum absolute atomic E-state index is 0.244. The number of aromatic nitrogens is 10. The molecule has 0 saturated carbocycles. The summed E-state index contributed by atoms with van der Waals surface area (Å²) in [4.78, 5) is 55.4. The number of hydrogen-bond donors (Lipinski definition) is 4. The highest BCUT2D eigenvalue weighted by atomic mass is 16.2. The lowest BCUT2D eigenvalue weighted by atomic mass is 9.85. The van der Waals surface area contributed by atoms with Crippen molar-refractivity contribution >= 4 is 67.9 Å². The number of aryl methyl sites for hydroxylation is 5. The van der Waals surface area contributed by atoms with Crippen LogP contribution in [0.5, 0.6) is 0 Å². The van der Waals surface area contributed by atoms with Crippen LogP contribution in [0.2, 0.25) is 0 Å². The highest BCUT2D eigenvalue weighted by molar-refractivity contribution is 6.15. The van der Waals surface area contributed by atoms with Gasteiger partial charge in [-0.25, -0.2) is 9.97 Å². The van der Waals surface area contributed by atoms with Crippen LogP contribution < -0.4 is 31.1 Å². The summed E-state index contributed by atoms with van der Waals surface area (Å²) in [7, 11) is 1.90. The smallest absolute Gasteiger partial charge is 0.259 e. The summed E-state index contributed by atoms with van der Waals surface area (Å²) in [5, 5.41) is 25.3. The number of rotatable bonds is 9. The summed E-state index contributed by atoms with van der Waals surface area (Å²) >= 11 is 0. The first-order valence-electron chi connectivity index (χ1n) is 23.5. The van der Waals surface area contributed by atoms with Gasteiger partial charge in [-0.05, 0) is 64.3 Å². The molecule has 0 radical (unpaired) electrons. The molecule has 10 heterocycles. The van der Waals surface area contributed by atoms with Crippen molar-refractivity contribution in [3.8, 4) is 0 Å². The Balaban J connectivity index is 0.957. The fourth-order valence-electron chi connectivity index (χ4n) is 11.1. The second kappa shape index (κ2) is 16.1. The minimum Gasteiger partial charge on any atom is -0.370 e. The Morgan fingerprint density at radius 1 is 0.716 bits per heavy atom. The monoisotopic (exact) mass is 901 g/mol. The van der Waals surface area contributed by atoms with Crippen molar-refractivity contribution in [2.24, 2.45) is 13.0 Å². The molecule has 0 spiro atoms. The molecule has 8 aromatic rings. The summed E-state index contributed by atoms with van der Waals surface area (Å²) in [6, 6.07) is 7.09. The van der Waals surface area contributed by atoms with Crippen LogP contribution in [-0.4, -0.2) is 136 Å². The van der Waals surface area contributed by atoms with Crippen LogP contribution in [0.1, 0.15) is 61.9 Å². The maximum atomic E-state index is 14.9. The van der Waals surface area contributed by atoms with Gasteiger partial charge in [0.05, 0.1) is 52.8 Å². The van der Waals surface area contributed by atoms with Gasteiger partial charge in [-0.2, -0.15) is 10.2 Å². The van der Waals surface area contributed by atoms with Crippen LogP contribution in [0.3, 0.4) is 0 Å². The molecule has 4 fully saturated rings. The third-order valence-corrected chi connectivity index (χ3v) is 14.3. The van der Waals surface area contributed by atoms with E-state index in [1.807, 2.05) is 91.5 Å². The Morgan fingerprint density at radius 2 is 1.39 bits per heavy atom. The first kappa shape index (κ1) is 41.5. The van der Waals surface area contributed by atoms with E-state index in [2.05, 4.69) is 58.1 Å². The standard InChI is InChI=1S/C48H55N17O2/c1-27-18-63-25-40(53-45(63)29(3)51-27)55-47(66)34-6-7-38(62-12-8-33(22-62)60-14-10-49-11-15-60)36-24-65(58-43(34)36)21-31-16-39(61-13-9-37-32(20-61)17-50-37)35-23-59(5)57-44(35)42(31)48(67)56-41-26-64-19-28(2)52-30(4)46(64)54-41/h6-7,16,18-19,23-26,32-33,37,49-50H,8-15,17,20-22H2,1-5H3,(H,55,66)(H,56,67). The Hall–Kier alpha value is -6.96. The summed E-state index contributed by atoms with van der Waals surface area (Å²) < 4.78 is 7.46. The normalized spacial score (nSPS) is 20.0. The molecule has 4 aliphatic heterocycles. The van der Waals surface area contributed by atoms with Crippen LogP contribution in [0.25, 0.3) is 33.1 Å². The number of carbonyl (C=O) groups excluding carboxylic acids is 2. The highest BCUT2D eigenvalue weighted by Gasteiger charge is 2.37. The van der Waals surface area contributed by atoms with E-state index in [9.17, 15) is 9.59 Å². The van der Waals surface area contributed by atoms with E-state index < -0.39 is 0 Å². The number of carbonyl (C=O) groups is 2. The van der Waals surface area contributed by atoms with Crippen molar-refractivity contribution in [3.05, 3.63) is 94.8 Å². The number of amides is 2. The van der Waals surface area contributed by atoms with Crippen molar-refractivity contribution in [2.45, 2.75) is 59.2 Å². The minimum atomic E-state index is -0.320. The first-order valence-corrected chi connectivity index (χ1v) is 23.5. The number of anilines is 4. The Bertz CT molecular complexity index is 3280. The summed E-state index contributed by atoms with van der Waals surface area (Å²) in [5.41, 5.74) is 9.52. The summed E-state index contributed by atoms with van der Waals surface area (Å²) in [5.74, 6) is 0.772. The van der Waals surface area contributed by atoms with E-state index in [1.54, 1.807) is 4.68 Å². The van der Waals surface area contributed by atoms with Gasteiger partial charge < -0.3 is 39.9 Å². The lowest BCUT2D eigenvalue weighted by molar-refractivity contribution is 0.101. The first-order chi connectivity index (χ1) is 32.5. The van der Waals surface area contributed by atoms with E-state index in [0.29, 0.717) is 63.1 Å². The molecule has 0 bridgehead atoms. The second-order valence-corrected chi connectivity index (χ2v) is 19.0. The molecule has 3 atom stereocenters. The lowest BCUT2D eigenvalue weighted by Gasteiger charge is -2.47. The predicted molar refractivity (Wildman–Crippen MR) is 258 cm³/mol. The Labute approximate surface area is 386 Å². The van der Waals surface area contributed by atoms with Crippen molar-refractivity contribution in [2.75, 3.05) is 79.3 Å². The fraction of sp³-hybridized carbons (Fsp3) is 0.417. The van der Waals surface area contributed by atoms with Gasteiger partial charge in [0.1, 0.15) is 11.0 Å². The van der Waals surface area contributed by atoms with Gasteiger partial charge in [-0.3, -0.25) is 33.8 Å². The summed E-state index contributed by atoms with van der Waals surface area (Å²) in [6.45, 7) is 16.6. The number of piperazine rings is 1. The molecule has 67 heavy (non-hydrogen) atoms. The molecular formula is C48H55N17O2. The Morgan fingerprint density at radius 3 is 2.07 bits per heavy atom. The number of piperidine rings is 1. The molecule has 4 N–H and O–H groups in total. The third-order valence-electron chi connectivity index (χ3n) is 14.3. The second-order valence-electron chi connectivity index (χ2n) is 19.0. The van der Waals surface area contributed by atoms with Crippen LogP contribution in [0.15, 0.2) is 55.4 Å². The van der Waals surface area contributed by atoms with Crippen molar-refractivity contribution in [3.63, 3.8) is 0 Å². The molecular weight excluding hydrogens is 847 g/mol. The van der Waals surface area contributed by atoms with Gasteiger partial charge in [-0.15, -0.1) is 0 Å². The highest BCUT2D eigenvalue weighted by Crippen LogP contribution is 2.38. The average molecular weight is 902 g/mol. The van der Waals surface area contributed by atoms with Gasteiger partial charge in [-0.1, -0.05) is 0 Å². The molecule has 6 aromatic heterocycles. The van der Waals surface area contributed by atoms with Crippen LogP contribution in [-0.2, 0) is 13.6 Å². The molecule has 0 aliphatic carbocycles. The van der Waals surface area contributed by atoms with Gasteiger partial charge >= 0.3 is 0 Å². The predicted octanol–water partition coefficient (Wildman–Crippen LogP) is 4.08. The number of imidazole rings is 2. The molecule has 19 heteroatoms. The van der Waals surface area contributed by atoms with Gasteiger partial charge in [0.2, 0.25) is 0 Å². The SMILES string of the molecule is Cc1cn2cc(NC(=O)c3ccc(N4CCC(N5CCNCC5)C4)c4cn(Cc5cc(N6CCC7NCC7C6)c6cn(C)nc6c5C(=O)Nc5cn6cc(C)nc(C)c6n5)nc34)nc2c(C)n1. The van der Waals surface area contributed by atoms with E-state index >= 15 is 0 Å². The number of nitrogens with one attached hydrogen (secondary N) is 4. The third kappa shape index (κ3) is 7.41. The molecule has 2 amide bonds. The topological polar surface area (TPSA) is 188 Å². The molecule has 3 unspecified atom stereocenters. The van der Waals surface area contributed by atoms with Gasteiger partial charge in [0.25, 0.3) is 11.8 Å². The number of fused-ring (bicyclic) bond motifs is 5. The molecule has 4 aliphatic rings. The van der Waals surface area contributed by atoms with E-state index in [1.165, 1.54) is 0 Å². The van der Waals surface area contributed by atoms with Crippen LogP contribution in [0, 0.1) is 33.6 Å². The maximum absolute atomic E-state index is 14.9. The zero-order valence-electron chi connectivity index (χ0n) is 38.5. The molecule has 12 rings (SSSR count). The van der Waals surface area contributed by atoms with Crippen LogP contribution >= 0.6 is 0 Å². The quantitative estimate of drug-likeness (QED) is 0.163. The van der Waals surface area contributed by atoms with Crippen molar-refractivity contribution in [1.82, 2.24) is 63.8 Å². The average Bonchev–Trinajstić information content (AvgIpc) is 4.14. The Kier molecular flexibility index (Phi) is 9.98. The maximum Gasteiger partial charge on any atom is 0.259 e. The largest absolute Gasteiger partial charge is 0.370 e. The van der Waals surface area contributed by atoms with Gasteiger partial charge in [0, 0.05) is 131 Å². The van der Waals surface area contributed by atoms with Crippen molar-refractivity contribution < 1.29 is 9.59 Å². The van der Waals surface area contributed by atoms with Gasteiger partial charge in [0.15, 0.2) is 22.9 Å². The number of nitrogens with zero attached hydrogens (tertiary/aromatic N) is 13. The molecule has 4 saturated heterocycles. The van der Waals surface area contributed by atoms with Crippen LogP contribution in [0.4, 0.5) is 23.0 Å². The van der Waals surface area contributed by atoms with E-state index in [4.69, 9.17) is 20.2 Å². The zero-order chi connectivity index (χ0) is 45.7. The fourth-order valence-corrected chi connectivity index (χ4v) is 11.1. The molecule has 19 nitrogen and oxygen atoms in total. The molecule has 344 valence electrons. The lowest BCUT2D eigenvalue weighted by Crippen LogP contribution is -2.61.